The monoisotopic (exact) mass is 372 g/mol. The highest BCUT2D eigenvalue weighted by Crippen LogP contribution is 2.34. The van der Waals surface area contributed by atoms with Gasteiger partial charge in [0.05, 0.1) is 0 Å². The Morgan fingerprint density at radius 1 is 1.14 bits per heavy atom. The molecule has 0 aromatic heterocycles. The minimum absolute atomic E-state index is 0. The predicted octanol–water partition coefficient (Wildman–Crippen LogP) is 4.83. The Bertz CT molecular complexity index is 420. The molecule has 0 spiro atoms. The fraction of sp³-hybridized carbons (Fsp3) is 0.600. The molecule has 1 heterocycles. The molecule has 1 aromatic rings. The average Bonchev–Trinajstić information content (AvgIpc) is 2.37. The van der Waals surface area contributed by atoms with Gasteiger partial charge < -0.3 is 5.32 Å². The second-order valence-corrected chi connectivity index (χ2v) is 6.44. The first-order valence-electron chi connectivity index (χ1n) is 6.97. The molecule has 0 radical (unpaired) electrons. The van der Waals surface area contributed by atoms with Crippen LogP contribution in [0.5, 0.6) is 0 Å². The summed E-state index contributed by atoms with van der Waals surface area (Å²) in [5.74, 6) is 0.645. The van der Waals surface area contributed by atoms with E-state index in [1.165, 1.54) is 5.56 Å². The summed E-state index contributed by atoms with van der Waals surface area (Å²) >= 11 is 12.4. The summed E-state index contributed by atoms with van der Waals surface area (Å²) in [5, 5.41) is 4.90. The van der Waals surface area contributed by atoms with Gasteiger partial charge in [0.1, 0.15) is 0 Å². The molecule has 1 fully saturated rings. The molecule has 1 atom stereocenters. The second-order valence-electron chi connectivity index (χ2n) is 5.60. The molecule has 6 heteroatoms. The maximum absolute atomic E-state index is 6.40. The smallest absolute Gasteiger partial charge is 0.0468 e. The van der Waals surface area contributed by atoms with Crippen LogP contribution in [0.4, 0.5) is 0 Å². The molecule has 0 bridgehead atoms. The van der Waals surface area contributed by atoms with E-state index >= 15 is 0 Å². The summed E-state index contributed by atoms with van der Waals surface area (Å²) in [7, 11) is 0. The SMILES string of the molecule is CC(C)C[C@@H](c1ccc(Cl)cc1Cl)N1CCNCC1.Cl.Cl. The number of nitrogens with zero attached hydrogens (tertiary/aromatic N) is 1. The highest BCUT2D eigenvalue weighted by molar-refractivity contribution is 6.35. The van der Waals surface area contributed by atoms with Gasteiger partial charge in [-0.1, -0.05) is 43.1 Å². The molecule has 0 saturated carbocycles. The van der Waals surface area contributed by atoms with Gasteiger partial charge in [-0.05, 0) is 30.0 Å². The van der Waals surface area contributed by atoms with Crippen molar-refractivity contribution in [2.75, 3.05) is 26.2 Å². The van der Waals surface area contributed by atoms with Gasteiger partial charge in [-0.2, -0.15) is 0 Å². The summed E-state index contributed by atoms with van der Waals surface area (Å²) in [6.45, 7) is 8.80. The number of nitrogens with one attached hydrogen (secondary N) is 1. The van der Waals surface area contributed by atoms with E-state index < -0.39 is 0 Å². The minimum atomic E-state index is 0. The predicted molar refractivity (Wildman–Crippen MR) is 97.6 cm³/mol. The highest BCUT2D eigenvalue weighted by atomic mass is 35.5. The van der Waals surface area contributed by atoms with Crippen LogP contribution in [-0.2, 0) is 0 Å². The van der Waals surface area contributed by atoms with Crippen LogP contribution in [-0.4, -0.2) is 31.1 Å². The maximum atomic E-state index is 6.40. The van der Waals surface area contributed by atoms with E-state index in [1.54, 1.807) is 0 Å². The van der Waals surface area contributed by atoms with E-state index in [0.717, 1.165) is 37.6 Å². The molecular formula is C15H24Cl4N2. The molecule has 0 amide bonds. The van der Waals surface area contributed by atoms with Crippen molar-refractivity contribution < 1.29 is 0 Å². The van der Waals surface area contributed by atoms with E-state index in [4.69, 9.17) is 23.2 Å². The zero-order chi connectivity index (χ0) is 13.8. The lowest BCUT2D eigenvalue weighted by Gasteiger charge is -2.36. The third-order valence-corrected chi connectivity index (χ3v) is 4.17. The molecule has 1 aromatic carbocycles. The maximum Gasteiger partial charge on any atom is 0.0468 e. The Kier molecular flexibility index (Phi) is 10.3. The van der Waals surface area contributed by atoms with Crippen LogP contribution in [0.15, 0.2) is 18.2 Å². The van der Waals surface area contributed by atoms with Crippen molar-refractivity contribution in [2.24, 2.45) is 5.92 Å². The van der Waals surface area contributed by atoms with Crippen molar-refractivity contribution >= 4 is 48.0 Å². The Morgan fingerprint density at radius 2 is 1.76 bits per heavy atom. The molecule has 122 valence electrons. The molecule has 2 rings (SSSR count). The Labute approximate surface area is 150 Å². The van der Waals surface area contributed by atoms with E-state index in [-0.39, 0.29) is 24.8 Å². The van der Waals surface area contributed by atoms with Gasteiger partial charge in [-0.3, -0.25) is 4.90 Å². The van der Waals surface area contributed by atoms with Gasteiger partial charge in [0, 0.05) is 42.3 Å². The number of benzene rings is 1. The van der Waals surface area contributed by atoms with Gasteiger partial charge >= 0.3 is 0 Å². The van der Waals surface area contributed by atoms with Crippen LogP contribution in [0.2, 0.25) is 10.0 Å². The molecule has 1 aliphatic heterocycles. The lowest BCUT2D eigenvalue weighted by molar-refractivity contribution is 0.154. The standard InChI is InChI=1S/C15H22Cl2N2.2ClH/c1-11(2)9-15(19-7-5-18-6-8-19)13-4-3-12(16)10-14(13)17;;/h3-4,10-11,15,18H,5-9H2,1-2H3;2*1H/t15-;;/m0../s1. The first-order chi connectivity index (χ1) is 9.08. The Balaban J connectivity index is 0.00000200. The van der Waals surface area contributed by atoms with Gasteiger partial charge in [-0.25, -0.2) is 0 Å². The van der Waals surface area contributed by atoms with Crippen LogP contribution < -0.4 is 5.32 Å². The topological polar surface area (TPSA) is 15.3 Å². The quantitative estimate of drug-likeness (QED) is 0.812. The van der Waals surface area contributed by atoms with Crippen molar-refractivity contribution in [3.8, 4) is 0 Å². The summed E-state index contributed by atoms with van der Waals surface area (Å²) in [4.78, 5) is 2.53. The minimum Gasteiger partial charge on any atom is -0.314 e. The summed E-state index contributed by atoms with van der Waals surface area (Å²) in [6.07, 6.45) is 1.13. The molecule has 2 nitrogen and oxygen atoms in total. The van der Waals surface area contributed by atoms with Crippen LogP contribution in [0.1, 0.15) is 31.9 Å². The van der Waals surface area contributed by atoms with E-state index in [2.05, 4.69) is 30.1 Å². The zero-order valence-electron chi connectivity index (χ0n) is 12.4. The number of hydrogen-bond donors (Lipinski definition) is 1. The van der Waals surface area contributed by atoms with E-state index in [0.29, 0.717) is 17.0 Å². The third kappa shape index (κ3) is 6.13. The fourth-order valence-electron chi connectivity index (χ4n) is 2.68. The van der Waals surface area contributed by atoms with Gasteiger partial charge in [-0.15, -0.1) is 24.8 Å². The molecule has 0 unspecified atom stereocenters. The summed E-state index contributed by atoms with van der Waals surface area (Å²) < 4.78 is 0. The van der Waals surface area contributed by atoms with Crippen molar-refractivity contribution in [3.05, 3.63) is 33.8 Å². The van der Waals surface area contributed by atoms with Crippen molar-refractivity contribution in [1.82, 2.24) is 10.2 Å². The molecule has 1 N–H and O–H groups in total. The third-order valence-electron chi connectivity index (χ3n) is 3.61. The molecule has 0 aliphatic carbocycles. The average molecular weight is 374 g/mol. The highest BCUT2D eigenvalue weighted by Gasteiger charge is 2.24. The van der Waals surface area contributed by atoms with Crippen molar-refractivity contribution in [3.63, 3.8) is 0 Å². The molecule has 1 saturated heterocycles. The largest absolute Gasteiger partial charge is 0.314 e. The summed E-state index contributed by atoms with van der Waals surface area (Å²) in [6, 6.07) is 6.28. The van der Waals surface area contributed by atoms with Gasteiger partial charge in [0.2, 0.25) is 0 Å². The summed E-state index contributed by atoms with van der Waals surface area (Å²) in [5.41, 5.74) is 1.21. The normalized spacial score (nSPS) is 17.0. The van der Waals surface area contributed by atoms with Crippen LogP contribution in [0.3, 0.4) is 0 Å². The number of piperazine rings is 1. The van der Waals surface area contributed by atoms with E-state index in [1.807, 2.05) is 12.1 Å². The number of hydrogen-bond acceptors (Lipinski definition) is 2. The first kappa shape index (κ1) is 21.3. The molecule has 21 heavy (non-hydrogen) atoms. The number of rotatable bonds is 4. The van der Waals surface area contributed by atoms with E-state index in [9.17, 15) is 0 Å². The lowest BCUT2D eigenvalue weighted by Crippen LogP contribution is -2.45. The van der Waals surface area contributed by atoms with Crippen LogP contribution >= 0.6 is 48.0 Å². The van der Waals surface area contributed by atoms with Gasteiger partial charge in [0.15, 0.2) is 0 Å². The Hall–Kier alpha value is 0.300. The van der Waals surface area contributed by atoms with Crippen LogP contribution in [0, 0.1) is 5.92 Å². The van der Waals surface area contributed by atoms with Crippen LogP contribution in [0.25, 0.3) is 0 Å². The second kappa shape index (κ2) is 10.1. The Morgan fingerprint density at radius 3 is 2.29 bits per heavy atom. The zero-order valence-corrected chi connectivity index (χ0v) is 15.6. The first-order valence-corrected chi connectivity index (χ1v) is 7.73. The van der Waals surface area contributed by atoms with Gasteiger partial charge in [0.25, 0.3) is 0 Å². The fourth-order valence-corrected chi connectivity index (χ4v) is 3.22. The van der Waals surface area contributed by atoms with Crippen molar-refractivity contribution in [1.29, 1.82) is 0 Å². The molecular weight excluding hydrogens is 350 g/mol. The van der Waals surface area contributed by atoms with Crippen molar-refractivity contribution in [2.45, 2.75) is 26.3 Å². The number of halogens is 4. The molecule has 1 aliphatic rings. The lowest BCUT2D eigenvalue weighted by atomic mass is 9.95.